The predicted octanol–water partition coefficient (Wildman–Crippen LogP) is 4.67. The van der Waals surface area contributed by atoms with Crippen LogP contribution in [0.1, 0.15) is 23.7 Å². The lowest BCUT2D eigenvalue weighted by atomic mass is 10.1. The second kappa shape index (κ2) is 5.93. The third kappa shape index (κ3) is 2.81. The van der Waals surface area contributed by atoms with Gasteiger partial charge in [0.05, 0.1) is 0 Å². The van der Waals surface area contributed by atoms with Crippen molar-refractivity contribution in [1.82, 2.24) is 9.97 Å². The predicted molar refractivity (Wildman–Crippen MR) is 81.9 cm³/mol. The summed E-state index contributed by atoms with van der Waals surface area (Å²) >= 11 is 6.94. The minimum Gasteiger partial charge on any atom is -0.236 e. The van der Waals surface area contributed by atoms with Gasteiger partial charge in [-0.15, -0.1) is 0 Å². The molecule has 1 aromatic carbocycles. The second-order valence-corrected chi connectivity index (χ2v) is 5.59. The molecule has 2 rings (SSSR count). The first-order valence-electron chi connectivity index (χ1n) is 5.83. The minimum absolute atomic E-state index is 0.801. The van der Waals surface area contributed by atoms with Crippen molar-refractivity contribution in [2.24, 2.45) is 0 Å². The molecule has 0 bridgehead atoms. The van der Waals surface area contributed by atoms with E-state index in [1.54, 1.807) is 0 Å². The third-order valence-electron chi connectivity index (χ3n) is 2.86. The summed E-state index contributed by atoms with van der Waals surface area (Å²) in [6.07, 6.45) is 2.84. The molecular formula is C14H14Br2N2. The summed E-state index contributed by atoms with van der Waals surface area (Å²) in [6.45, 7) is 4.19. The van der Waals surface area contributed by atoms with E-state index >= 15 is 0 Å². The molecule has 2 aromatic rings. The van der Waals surface area contributed by atoms with Crippen LogP contribution in [-0.4, -0.2) is 9.97 Å². The molecule has 0 spiro atoms. The van der Waals surface area contributed by atoms with Crippen LogP contribution in [-0.2, 0) is 11.8 Å². The van der Waals surface area contributed by atoms with Gasteiger partial charge in [-0.2, -0.15) is 0 Å². The van der Waals surface area contributed by atoms with Crippen LogP contribution in [0.15, 0.2) is 28.9 Å². The van der Waals surface area contributed by atoms with Crippen molar-refractivity contribution in [1.29, 1.82) is 0 Å². The zero-order valence-corrected chi connectivity index (χ0v) is 13.5. The highest BCUT2D eigenvalue weighted by Gasteiger charge is 2.09. The summed E-state index contributed by atoms with van der Waals surface area (Å²) in [5.74, 6) is 0.807. The van der Waals surface area contributed by atoms with Crippen LogP contribution in [0.5, 0.6) is 0 Å². The Bertz CT molecular complexity index is 568. The van der Waals surface area contributed by atoms with Gasteiger partial charge in [0.15, 0.2) is 5.82 Å². The molecule has 2 nitrogen and oxygen atoms in total. The largest absolute Gasteiger partial charge is 0.236 e. The molecule has 0 aliphatic rings. The molecule has 0 saturated heterocycles. The van der Waals surface area contributed by atoms with Gasteiger partial charge in [0, 0.05) is 32.8 Å². The maximum Gasteiger partial charge on any atom is 0.159 e. The number of aromatic nitrogens is 2. The van der Waals surface area contributed by atoms with Gasteiger partial charge >= 0.3 is 0 Å². The molecule has 4 heteroatoms. The molecule has 0 fully saturated rings. The second-order valence-electron chi connectivity index (χ2n) is 4.11. The Morgan fingerprint density at radius 3 is 2.67 bits per heavy atom. The molecule has 1 heterocycles. The monoisotopic (exact) mass is 368 g/mol. The SMILES string of the molecule is CCc1nc(-c2ccc(Br)cc2C)ncc1CBr. The van der Waals surface area contributed by atoms with Gasteiger partial charge in [0.25, 0.3) is 0 Å². The van der Waals surface area contributed by atoms with Crippen LogP contribution in [0.3, 0.4) is 0 Å². The molecule has 94 valence electrons. The van der Waals surface area contributed by atoms with E-state index < -0.39 is 0 Å². The summed E-state index contributed by atoms with van der Waals surface area (Å²) in [5, 5.41) is 0.801. The van der Waals surface area contributed by atoms with Crippen molar-refractivity contribution in [3.05, 3.63) is 45.7 Å². The Kier molecular flexibility index (Phi) is 4.51. The standard InChI is InChI=1S/C14H14Br2N2/c1-3-13-10(7-15)8-17-14(18-13)12-5-4-11(16)6-9(12)2/h4-6,8H,3,7H2,1-2H3. The number of hydrogen-bond acceptors (Lipinski definition) is 2. The lowest BCUT2D eigenvalue weighted by Crippen LogP contribution is -2.00. The molecule has 0 N–H and O–H groups in total. The topological polar surface area (TPSA) is 25.8 Å². The molecule has 18 heavy (non-hydrogen) atoms. The Morgan fingerprint density at radius 2 is 2.06 bits per heavy atom. The molecule has 0 atom stereocenters. The minimum atomic E-state index is 0.801. The normalized spacial score (nSPS) is 10.7. The number of benzene rings is 1. The summed E-state index contributed by atoms with van der Waals surface area (Å²) in [6, 6.07) is 6.17. The zero-order chi connectivity index (χ0) is 13.1. The van der Waals surface area contributed by atoms with Gasteiger partial charge in [-0.05, 0) is 37.1 Å². The van der Waals surface area contributed by atoms with Crippen molar-refractivity contribution in [3.63, 3.8) is 0 Å². The van der Waals surface area contributed by atoms with Crippen LogP contribution in [0.25, 0.3) is 11.4 Å². The Balaban J connectivity index is 2.51. The number of rotatable bonds is 3. The fourth-order valence-corrected chi connectivity index (χ4v) is 2.81. The van der Waals surface area contributed by atoms with Gasteiger partial charge in [-0.1, -0.05) is 38.8 Å². The Hall–Kier alpha value is -0.740. The van der Waals surface area contributed by atoms with Crippen molar-refractivity contribution >= 4 is 31.9 Å². The highest BCUT2D eigenvalue weighted by molar-refractivity contribution is 9.10. The quantitative estimate of drug-likeness (QED) is 0.734. The first-order chi connectivity index (χ1) is 8.65. The lowest BCUT2D eigenvalue weighted by Gasteiger charge is -2.09. The van der Waals surface area contributed by atoms with Crippen LogP contribution in [0.2, 0.25) is 0 Å². The van der Waals surface area contributed by atoms with E-state index in [2.05, 4.69) is 67.8 Å². The molecule has 1 aromatic heterocycles. The maximum atomic E-state index is 4.67. The number of alkyl halides is 1. The summed E-state index contributed by atoms with van der Waals surface area (Å²) in [4.78, 5) is 9.13. The Morgan fingerprint density at radius 1 is 1.28 bits per heavy atom. The van der Waals surface area contributed by atoms with E-state index in [1.807, 2.05) is 12.3 Å². The fourth-order valence-electron chi connectivity index (χ4n) is 1.87. The van der Waals surface area contributed by atoms with Gasteiger partial charge in [-0.3, -0.25) is 0 Å². The average Bonchev–Trinajstić information content (AvgIpc) is 2.38. The van der Waals surface area contributed by atoms with E-state index in [9.17, 15) is 0 Å². The molecule has 0 aliphatic heterocycles. The Labute approximate surface area is 124 Å². The molecule has 0 amide bonds. The molecule has 0 radical (unpaired) electrons. The highest BCUT2D eigenvalue weighted by atomic mass is 79.9. The first-order valence-corrected chi connectivity index (χ1v) is 7.74. The number of nitrogens with zero attached hydrogens (tertiary/aromatic N) is 2. The molecular weight excluding hydrogens is 356 g/mol. The van der Waals surface area contributed by atoms with Crippen LogP contribution in [0, 0.1) is 6.92 Å². The lowest BCUT2D eigenvalue weighted by molar-refractivity contribution is 0.971. The van der Waals surface area contributed by atoms with Crippen LogP contribution >= 0.6 is 31.9 Å². The highest BCUT2D eigenvalue weighted by Crippen LogP contribution is 2.24. The van der Waals surface area contributed by atoms with E-state index in [0.29, 0.717) is 0 Å². The van der Waals surface area contributed by atoms with Gasteiger partial charge in [0.2, 0.25) is 0 Å². The van der Waals surface area contributed by atoms with E-state index in [0.717, 1.165) is 38.9 Å². The summed E-state index contributed by atoms with van der Waals surface area (Å²) in [7, 11) is 0. The number of hydrogen-bond donors (Lipinski definition) is 0. The summed E-state index contributed by atoms with van der Waals surface area (Å²) < 4.78 is 1.08. The van der Waals surface area contributed by atoms with E-state index in [4.69, 9.17) is 0 Å². The van der Waals surface area contributed by atoms with Crippen LogP contribution < -0.4 is 0 Å². The van der Waals surface area contributed by atoms with Gasteiger partial charge < -0.3 is 0 Å². The molecule has 0 unspecified atom stereocenters. The van der Waals surface area contributed by atoms with Crippen molar-refractivity contribution in [2.45, 2.75) is 25.6 Å². The van der Waals surface area contributed by atoms with E-state index in [1.165, 1.54) is 5.56 Å². The molecule has 0 aliphatic carbocycles. The smallest absolute Gasteiger partial charge is 0.159 e. The summed E-state index contributed by atoms with van der Waals surface area (Å²) in [5.41, 5.74) is 4.54. The first kappa shape index (κ1) is 13.7. The van der Waals surface area contributed by atoms with Crippen LogP contribution in [0.4, 0.5) is 0 Å². The maximum absolute atomic E-state index is 4.67. The number of halogens is 2. The number of aryl methyl sites for hydroxylation is 2. The fraction of sp³-hybridized carbons (Fsp3) is 0.286. The zero-order valence-electron chi connectivity index (χ0n) is 10.4. The van der Waals surface area contributed by atoms with Crippen molar-refractivity contribution in [2.75, 3.05) is 0 Å². The van der Waals surface area contributed by atoms with E-state index in [-0.39, 0.29) is 0 Å². The average molecular weight is 370 g/mol. The molecule has 0 saturated carbocycles. The van der Waals surface area contributed by atoms with Crippen molar-refractivity contribution < 1.29 is 0 Å². The van der Waals surface area contributed by atoms with Gasteiger partial charge in [0.1, 0.15) is 0 Å². The van der Waals surface area contributed by atoms with Crippen molar-refractivity contribution in [3.8, 4) is 11.4 Å². The third-order valence-corrected chi connectivity index (χ3v) is 3.96. The van der Waals surface area contributed by atoms with Gasteiger partial charge in [-0.25, -0.2) is 9.97 Å².